The zero-order chi connectivity index (χ0) is 23.4. The average Bonchev–Trinajstić information content (AvgIpc) is 2.78. The predicted octanol–water partition coefficient (Wildman–Crippen LogP) is 3.74. The first kappa shape index (κ1) is 26.8. The molecule has 1 fully saturated rings. The van der Waals surface area contributed by atoms with Crippen LogP contribution >= 0.6 is 0 Å². The zero-order valence-corrected chi connectivity index (χ0v) is 20.0. The van der Waals surface area contributed by atoms with Gasteiger partial charge in [-0.3, -0.25) is 9.59 Å². The Morgan fingerprint density at radius 2 is 2.00 bits per heavy atom. The third-order valence-electron chi connectivity index (χ3n) is 6.04. The van der Waals surface area contributed by atoms with Crippen molar-refractivity contribution in [1.29, 1.82) is 0 Å². The molecular formula is C25H41N3O3. The van der Waals surface area contributed by atoms with Crippen molar-refractivity contribution in [3.8, 4) is 0 Å². The van der Waals surface area contributed by atoms with Gasteiger partial charge >= 0.3 is 0 Å². The van der Waals surface area contributed by atoms with Gasteiger partial charge in [0, 0.05) is 37.2 Å². The van der Waals surface area contributed by atoms with E-state index >= 15 is 0 Å². The Balaban J connectivity index is 0.000000407. The molecule has 2 unspecified atom stereocenters. The van der Waals surface area contributed by atoms with E-state index in [0.717, 1.165) is 61.8 Å². The van der Waals surface area contributed by atoms with Crippen LogP contribution in [0.3, 0.4) is 0 Å². The topological polar surface area (TPSA) is 80.2 Å². The minimum atomic E-state index is -0.0461. The molecule has 0 spiro atoms. The van der Waals surface area contributed by atoms with Gasteiger partial charge in [-0.05, 0) is 63.2 Å². The number of allylic oxidation sites excluding steroid dienone is 1. The zero-order valence-electron chi connectivity index (χ0n) is 20.0. The van der Waals surface area contributed by atoms with Gasteiger partial charge in [-0.25, -0.2) is 0 Å². The van der Waals surface area contributed by atoms with E-state index in [4.69, 9.17) is 0 Å². The summed E-state index contributed by atoms with van der Waals surface area (Å²) >= 11 is 0. The number of hydrogen-bond donors (Lipinski definition) is 2. The summed E-state index contributed by atoms with van der Waals surface area (Å²) in [6.45, 7) is 14.2. The van der Waals surface area contributed by atoms with Gasteiger partial charge in [0.25, 0.3) is 5.56 Å². The first-order valence-electron chi connectivity index (χ1n) is 11.5. The van der Waals surface area contributed by atoms with Crippen LogP contribution in [0.25, 0.3) is 5.57 Å². The van der Waals surface area contributed by atoms with Crippen LogP contribution in [0.5, 0.6) is 0 Å². The summed E-state index contributed by atoms with van der Waals surface area (Å²) in [7, 11) is 1.60. The highest BCUT2D eigenvalue weighted by Crippen LogP contribution is 2.22. The third-order valence-corrected chi connectivity index (χ3v) is 6.04. The number of pyridine rings is 1. The summed E-state index contributed by atoms with van der Waals surface area (Å²) in [5.74, 6) is 0.483. The summed E-state index contributed by atoms with van der Waals surface area (Å²) in [6, 6.07) is 2.43. The highest BCUT2D eigenvalue weighted by molar-refractivity contribution is 5.78. The summed E-state index contributed by atoms with van der Waals surface area (Å²) in [6.07, 6.45) is 7.94. The molecule has 0 aromatic carbocycles. The Labute approximate surface area is 187 Å². The normalized spacial score (nSPS) is 15.9. The van der Waals surface area contributed by atoms with Crippen molar-refractivity contribution in [3.05, 3.63) is 40.3 Å². The molecule has 1 saturated heterocycles. The molecule has 2 heterocycles. The lowest BCUT2D eigenvalue weighted by atomic mass is 9.93. The maximum Gasteiger partial charge on any atom is 0.254 e. The van der Waals surface area contributed by atoms with Crippen molar-refractivity contribution < 1.29 is 9.59 Å². The van der Waals surface area contributed by atoms with Crippen LogP contribution < -0.4 is 16.2 Å². The second kappa shape index (κ2) is 14.0. The van der Waals surface area contributed by atoms with Gasteiger partial charge in [-0.1, -0.05) is 39.3 Å². The number of carbonyl (C=O) groups is 2. The highest BCUT2D eigenvalue weighted by atomic mass is 16.2. The molecule has 2 N–H and O–H groups in total. The molecule has 0 radical (unpaired) electrons. The molecule has 0 saturated carbocycles. The molecular weight excluding hydrogens is 390 g/mol. The molecule has 6 heteroatoms. The summed E-state index contributed by atoms with van der Waals surface area (Å²) in [4.78, 5) is 33.6. The quantitative estimate of drug-likeness (QED) is 0.584. The fourth-order valence-electron chi connectivity index (χ4n) is 3.75. The molecule has 0 bridgehead atoms. The van der Waals surface area contributed by atoms with Gasteiger partial charge in [0.05, 0.1) is 0 Å². The van der Waals surface area contributed by atoms with Crippen LogP contribution in [0, 0.1) is 11.8 Å². The van der Waals surface area contributed by atoms with Gasteiger partial charge < -0.3 is 20.0 Å². The Bertz CT molecular complexity index is 779. The van der Waals surface area contributed by atoms with E-state index in [1.54, 1.807) is 7.05 Å². The number of piperidine rings is 1. The van der Waals surface area contributed by atoms with Crippen LogP contribution in [-0.2, 0) is 16.0 Å². The lowest BCUT2D eigenvalue weighted by Crippen LogP contribution is -2.35. The fraction of sp³-hybridized carbons (Fsp3) is 0.640. The van der Waals surface area contributed by atoms with Gasteiger partial charge in [0.1, 0.15) is 6.29 Å². The SMILES string of the molecule is C=C(C)c1ccn(C2CCNCC2)c(=O)c1CC(C)CC.CNC(=O)C(C)CCC=O. The van der Waals surface area contributed by atoms with Crippen LogP contribution in [0.1, 0.15) is 77.0 Å². The number of nitrogens with zero attached hydrogens (tertiary/aromatic N) is 1. The minimum Gasteiger partial charge on any atom is -0.359 e. The van der Waals surface area contributed by atoms with Crippen LogP contribution in [-0.4, -0.2) is 36.9 Å². The third kappa shape index (κ3) is 8.44. The van der Waals surface area contributed by atoms with Crippen LogP contribution in [0.15, 0.2) is 23.6 Å². The van der Waals surface area contributed by atoms with Gasteiger partial charge in [0.15, 0.2) is 0 Å². The number of amides is 1. The molecule has 1 aromatic heterocycles. The number of hydrogen-bond acceptors (Lipinski definition) is 4. The first-order valence-corrected chi connectivity index (χ1v) is 11.5. The lowest BCUT2D eigenvalue weighted by molar-refractivity contribution is -0.124. The molecule has 174 valence electrons. The van der Waals surface area contributed by atoms with Crippen molar-refractivity contribution >= 4 is 17.8 Å². The van der Waals surface area contributed by atoms with Crippen LogP contribution in [0.2, 0.25) is 0 Å². The Morgan fingerprint density at radius 3 is 2.52 bits per heavy atom. The van der Waals surface area contributed by atoms with Gasteiger partial charge in [-0.2, -0.15) is 0 Å². The second-order valence-corrected chi connectivity index (χ2v) is 8.66. The van der Waals surface area contributed by atoms with Crippen molar-refractivity contribution in [2.75, 3.05) is 20.1 Å². The Kier molecular flexibility index (Phi) is 12.1. The van der Waals surface area contributed by atoms with E-state index < -0.39 is 0 Å². The van der Waals surface area contributed by atoms with E-state index in [1.807, 2.05) is 24.6 Å². The molecule has 6 nitrogen and oxygen atoms in total. The Hall–Kier alpha value is -2.21. The van der Waals surface area contributed by atoms with Gasteiger partial charge in [0.2, 0.25) is 5.91 Å². The van der Waals surface area contributed by atoms with Crippen molar-refractivity contribution in [2.24, 2.45) is 11.8 Å². The van der Waals surface area contributed by atoms with Crippen molar-refractivity contribution in [1.82, 2.24) is 15.2 Å². The first-order chi connectivity index (χ1) is 14.8. The van der Waals surface area contributed by atoms with Gasteiger partial charge in [-0.15, -0.1) is 0 Å². The van der Waals surface area contributed by atoms with Crippen molar-refractivity contribution in [2.45, 2.75) is 72.3 Å². The molecule has 1 amide bonds. The summed E-state index contributed by atoms with van der Waals surface area (Å²) in [5.41, 5.74) is 3.19. The molecule has 31 heavy (non-hydrogen) atoms. The van der Waals surface area contributed by atoms with E-state index in [9.17, 15) is 14.4 Å². The highest BCUT2D eigenvalue weighted by Gasteiger charge is 2.20. The molecule has 1 aliphatic heterocycles. The molecule has 0 aliphatic carbocycles. The molecule has 1 aliphatic rings. The maximum absolute atomic E-state index is 12.9. The molecule has 2 atom stereocenters. The van der Waals surface area contributed by atoms with E-state index in [0.29, 0.717) is 24.8 Å². The predicted molar refractivity (Wildman–Crippen MR) is 128 cm³/mol. The van der Waals surface area contributed by atoms with E-state index in [2.05, 4.69) is 37.1 Å². The van der Waals surface area contributed by atoms with Crippen LogP contribution in [0.4, 0.5) is 0 Å². The summed E-state index contributed by atoms with van der Waals surface area (Å²) < 4.78 is 1.96. The number of rotatable bonds is 9. The van der Waals surface area contributed by atoms with E-state index in [-0.39, 0.29) is 17.4 Å². The lowest BCUT2D eigenvalue weighted by Gasteiger charge is -2.26. The fourth-order valence-corrected chi connectivity index (χ4v) is 3.75. The second-order valence-electron chi connectivity index (χ2n) is 8.66. The molecule has 1 aromatic rings. The number of aldehydes is 1. The number of aromatic nitrogens is 1. The van der Waals surface area contributed by atoms with E-state index in [1.165, 1.54) is 0 Å². The standard InChI is InChI=1S/C18H28N2O.C7H13NO2/c1-5-14(4)12-17-16(13(2)3)8-11-20(18(17)21)15-6-9-19-10-7-15;1-6(4-3-5-9)7(10)8-2/h8,11,14-15,19H,2,5-7,9-10,12H2,1,3-4H3;5-6H,3-4H2,1-2H3,(H,8,10). The number of nitrogens with one attached hydrogen (secondary N) is 2. The molecule has 2 rings (SSSR count). The van der Waals surface area contributed by atoms with Crippen molar-refractivity contribution in [3.63, 3.8) is 0 Å². The summed E-state index contributed by atoms with van der Waals surface area (Å²) in [5, 5.41) is 5.88. The average molecular weight is 432 g/mol. The number of carbonyl (C=O) groups excluding carboxylic acids is 2. The smallest absolute Gasteiger partial charge is 0.254 e. The largest absolute Gasteiger partial charge is 0.359 e. The maximum atomic E-state index is 12.9. The minimum absolute atomic E-state index is 0.00171. The monoisotopic (exact) mass is 431 g/mol. The Morgan fingerprint density at radius 1 is 1.35 bits per heavy atom.